The van der Waals surface area contributed by atoms with Crippen LogP contribution in [0.3, 0.4) is 0 Å². The summed E-state index contributed by atoms with van der Waals surface area (Å²) in [6.07, 6.45) is 3.94. The van der Waals surface area contributed by atoms with E-state index in [2.05, 4.69) is 46.6 Å². The summed E-state index contributed by atoms with van der Waals surface area (Å²) in [6.45, 7) is 3.92. The number of fused-ring (bicyclic) bond motifs is 1. The van der Waals surface area contributed by atoms with Gasteiger partial charge in [0.05, 0.1) is 12.2 Å². The third-order valence-corrected chi connectivity index (χ3v) is 4.70. The Bertz CT molecular complexity index is 649. The summed E-state index contributed by atoms with van der Waals surface area (Å²) in [4.78, 5) is 2.34. The van der Waals surface area contributed by atoms with E-state index in [0.29, 0.717) is 0 Å². The largest absolute Gasteiger partial charge is 0.490 e. The summed E-state index contributed by atoms with van der Waals surface area (Å²) in [5.41, 5.74) is 3.81. The van der Waals surface area contributed by atoms with Crippen molar-refractivity contribution in [3.8, 4) is 5.75 Å². The van der Waals surface area contributed by atoms with Crippen LogP contribution in [-0.2, 0) is 6.42 Å². The summed E-state index contributed by atoms with van der Waals surface area (Å²) in [5, 5.41) is 3.56. The van der Waals surface area contributed by atoms with Gasteiger partial charge in [0, 0.05) is 5.69 Å². The van der Waals surface area contributed by atoms with E-state index in [1.54, 1.807) is 0 Å². The molecule has 1 fully saturated rings. The van der Waals surface area contributed by atoms with Gasteiger partial charge in [0.2, 0.25) is 0 Å². The molecule has 23 heavy (non-hydrogen) atoms. The number of rotatable bonds is 6. The van der Waals surface area contributed by atoms with Crippen LogP contribution in [0.2, 0.25) is 0 Å². The minimum atomic E-state index is 0.740. The third-order valence-electron chi connectivity index (χ3n) is 4.70. The van der Waals surface area contributed by atoms with Gasteiger partial charge in [-0.15, -0.1) is 0 Å². The van der Waals surface area contributed by atoms with Gasteiger partial charge in [-0.1, -0.05) is 24.3 Å². The first-order valence-electron chi connectivity index (χ1n) is 8.69. The van der Waals surface area contributed by atoms with Crippen molar-refractivity contribution in [1.82, 2.24) is 5.32 Å². The number of nitrogens with one attached hydrogen (secondary N) is 1. The first-order chi connectivity index (χ1) is 11.4. The predicted molar refractivity (Wildman–Crippen MR) is 94.7 cm³/mol. The van der Waals surface area contributed by atoms with Crippen LogP contribution in [-0.4, -0.2) is 26.2 Å². The minimum absolute atomic E-state index is 0.740. The van der Waals surface area contributed by atoms with Gasteiger partial charge in [-0.05, 0) is 68.1 Å². The van der Waals surface area contributed by atoms with Gasteiger partial charge in [0.15, 0.2) is 0 Å². The predicted octanol–water partition coefficient (Wildman–Crippen LogP) is 3.76. The van der Waals surface area contributed by atoms with E-state index in [0.717, 1.165) is 43.5 Å². The minimum Gasteiger partial charge on any atom is -0.490 e. The Morgan fingerprint density at radius 3 is 2.70 bits per heavy atom. The fourth-order valence-electron chi connectivity index (χ4n) is 3.14. The van der Waals surface area contributed by atoms with Crippen LogP contribution in [0.5, 0.6) is 5.75 Å². The lowest BCUT2D eigenvalue weighted by molar-refractivity contribution is 0.314. The van der Waals surface area contributed by atoms with Gasteiger partial charge in [-0.3, -0.25) is 0 Å². The normalized spacial score (nSPS) is 16.8. The molecule has 1 N–H and O–H groups in total. The van der Waals surface area contributed by atoms with E-state index < -0.39 is 0 Å². The third kappa shape index (κ3) is 3.50. The topological polar surface area (TPSA) is 24.5 Å². The van der Waals surface area contributed by atoms with Gasteiger partial charge in [-0.2, -0.15) is 0 Å². The maximum absolute atomic E-state index is 5.74. The molecule has 0 unspecified atom stereocenters. The van der Waals surface area contributed by atoms with Crippen molar-refractivity contribution >= 4 is 11.4 Å². The van der Waals surface area contributed by atoms with Crippen molar-refractivity contribution in [2.45, 2.75) is 19.3 Å². The van der Waals surface area contributed by atoms with Crippen molar-refractivity contribution in [2.75, 3.05) is 31.1 Å². The maximum atomic E-state index is 5.74. The number of hydrogen-bond donors (Lipinski definition) is 1. The number of hydrogen-bond acceptors (Lipinski definition) is 3. The summed E-state index contributed by atoms with van der Waals surface area (Å²) in [6, 6.07) is 17.3. The highest BCUT2D eigenvalue weighted by molar-refractivity contribution is 5.70. The van der Waals surface area contributed by atoms with Gasteiger partial charge in [-0.25, -0.2) is 0 Å². The zero-order valence-corrected chi connectivity index (χ0v) is 13.5. The summed E-state index contributed by atoms with van der Waals surface area (Å²) >= 11 is 0. The molecule has 0 atom stereocenters. The van der Waals surface area contributed by atoms with Crippen LogP contribution in [0.15, 0.2) is 48.5 Å². The smallest absolute Gasteiger partial charge is 0.143 e. The highest BCUT2D eigenvalue weighted by Gasteiger charge is 2.20. The van der Waals surface area contributed by atoms with Crippen molar-refractivity contribution < 1.29 is 4.74 Å². The molecule has 1 saturated carbocycles. The van der Waals surface area contributed by atoms with Gasteiger partial charge < -0.3 is 15.0 Å². The molecule has 0 radical (unpaired) electrons. The second kappa shape index (κ2) is 6.63. The zero-order valence-electron chi connectivity index (χ0n) is 13.5. The molecule has 1 aliphatic carbocycles. The van der Waals surface area contributed by atoms with Crippen molar-refractivity contribution in [2.24, 2.45) is 5.92 Å². The molecule has 0 spiro atoms. The van der Waals surface area contributed by atoms with Crippen molar-refractivity contribution in [3.05, 3.63) is 54.1 Å². The Kier molecular flexibility index (Phi) is 4.20. The highest BCUT2D eigenvalue weighted by atomic mass is 16.5. The van der Waals surface area contributed by atoms with E-state index in [1.807, 2.05) is 12.1 Å². The molecule has 4 rings (SSSR count). The standard InChI is InChI=1S/C20H24N2O/c1-2-4-20-19(3-1)22(13-14-23-20)18-9-7-16(8-10-18)11-12-21-15-17-5-6-17/h1-4,7-10,17,21H,5-6,11-15H2. The zero-order chi connectivity index (χ0) is 15.5. The first kappa shape index (κ1) is 14.6. The Hall–Kier alpha value is -2.00. The van der Waals surface area contributed by atoms with Crippen LogP contribution in [0.4, 0.5) is 11.4 Å². The van der Waals surface area contributed by atoms with E-state index in [-0.39, 0.29) is 0 Å². The lowest BCUT2D eigenvalue weighted by atomic mass is 10.1. The molecular formula is C20H24N2O. The quantitative estimate of drug-likeness (QED) is 0.822. The molecule has 2 aliphatic rings. The van der Waals surface area contributed by atoms with Crippen molar-refractivity contribution in [1.29, 1.82) is 0 Å². The van der Waals surface area contributed by atoms with E-state index >= 15 is 0 Å². The molecule has 120 valence electrons. The lowest BCUT2D eigenvalue weighted by Gasteiger charge is -2.31. The van der Waals surface area contributed by atoms with Crippen LogP contribution >= 0.6 is 0 Å². The Labute approximate surface area is 138 Å². The molecular weight excluding hydrogens is 284 g/mol. The van der Waals surface area contributed by atoms with Crippen molar-refractivity contribution in [3.63, 3.8) is 0 Å². The number of nitrogens with zero attached hydrogens (tertiary/aromatic N) is 1. The Morgan fingerprint density at radius 1 is 1.04 bits per heavy atom. The van der Waals surface area contributed by atoms with Crippen LogP contribution in [0.25, 0.3) is 0 Å². The fraction of sp³-hybridized carbons (Fsp3) is 0.400. The molecule has 0 amide bonds. The second-order valence-electron chi connectivity index (χ2n) is 6.53. The first-order valence-corrected chi connectivity index (χ1v) is 8.69. The van der Waals surface area contributed by atoms with Crippen LogP contribution in [0.1, 0.15) is 18.4 Å². The molecule has 2 aromatic carbocycles. The number of benzene rings is 2. The summed E-state index contributed by atoms with van der Waals surface area (Å²) in [5.74, 6) is 1.94. The molecule has 0 bridgehead atoms. The number of ether oxygens (including phenoxy) is 1. The number of para-hydroxylation sites is 2. The summed E-state index contributed by atoms with van der Waals surface area (Å²) in [7, 11) is 0. The van der Waals surface area contributed by atoms with Gasteiger partial charge >= 0.3 is 0 Å². The average Bonchev–Trinajstić information content (AvgIpc) is 3.43. The van der Waals surface area contributed by atoms with Crippen LogP contribution < -0.4 is 15.0 Å². The maximum Gasteiger partial charge on any atom is 0.143 e. The molecule has 1 heterocycles. The Balaban J connectivity index is 1.40. The lowest BCUT2D eigenvalue weighted by Crippen LogP contribution is -2.28. The SMILES string of the molecule is c1ccc2c(c1)OCCN2c1ccc(CCNCC2CC2)cc1. The monoisotopic (exact) mass is 308 g/mol. The second-order valence-corrected chi connectivity index (χ2v) is 6.53. The molecule has 1 aliphatic heterocycles. The molecule has 2 aromatic rings. The molecule has 0 saturated heterocycles. The average molecular weight is 308 g/mol. The van der Waals surface area contributed by atoms with E-state index in [4.69, 9.17) is 4.74 Å². The molecule has 3 nitrogen and oxygen atoms in total. The van der Waals surface area contributed by atoms with Crippen LogP contribution in [0, 0.1) is 5.92 Å². The Morgan fingerprint density at radius 2 is 1.87 bits per heavy atom. The number of anilines is 2. The highest BCUT2D eigenvalue weighted by Crippen LogP contribution is 2.36. The summed E-state index contributed by atoms with van der Waals surface area (Å²) < 4.78 is 5.74. The van der Waals surface area contributed by atoms with Gasteiger partial charge in [0.25, 0.3) is 0 Å². The fourth-order valence-corrected chi connectivity index (χ4v) is 3.14. The van der Waals surface area contributed by atoms with E-state index in [1.165, 1.54) is 30.6 Å². The van der Waals surface area contributed by atoms with Gasteiger partial charge in [0.1, 0.15) is 12.4 Å². The van der Waals surface area contributed by atoms with E-state index in [9.17, 15) is 0 Å². The molecule has 3 heteroatoms. The molecule has 0 aromatic heterocycles.